The van der Waals surface area contributed by atoms with Gasteiger partial charge in [0.2, 0.25) is 0 Å². The van der Waals surface area contributed by atoms with Gasteiger partial charge < -0.3 is 20.1 Å². The van der Waals surface area contributed by atoms with E-state index in [0.717, 1.165) is 37.5 Å². The molecule has 0 amide bonds. The number of nitrogens with zero attached hydrogens (tertiary/aromatic N) is 2. The van der Waals surface area contributed by atoms with E-state index in [2.05, 4.69) is 9.27 Å². The number of hydrogen-bond acceptors (Lipinski definition) is 7. The molecule has 1 aliphatic heterocycles. The first kappa shape index (κ1) is 14.1. The van der Waals surface area contributed by atoms with Crippen LogP contribution in [0.25, 0.3) is 0 Å². The van der Waals surface area contributed by atoms with Gasteiger partial charge >= 0.3 is 5.97 Å². The van der Waals surface area contributed by atoms with Crippen molar-refractivity contribution in [2.75, 3.05) is 44.5 Å². The molecule has 2 N–H and O–H groups in total. The quantitative estimate of drug-likeness (QED) is 0.842. The molecule has 0 radical (unpaired) electrons. The van der Waals surface area contributed by atoms with Crippen molar-refractivity contribution < 1.29 is 14.3 Å². The zero-order valence-electron chi connectivity index (χ0n) is 11.2. The maximum absolute atomic E-state index is 11.8. The molecule has 1 fully saturated rings. The second-order valence-corrected chi connectivity index (χ2v) is 5.40. The van der Waals surface area contributed by atoms with Crippen LogP contribution in [-0.4, -0.2) is 44.3 Å². The SMILES string of the molecule is COCC1CCCN(c2snc(N)c2C(=O)OC)C1. The highest BCUT2D eigenvalue weighted by Crippen LogP contribution is 2.34. The van der Waals surface area contributed by atoms with Gasteiger partial charge in [-0.2, -0.15) is 4.37 Å². The predicted molar refractivity (Wildman–Crippen MR) is 74.7 cm³/mol. The van der Waals surface area contributed by atoms with Crippen molar-refractivity contribution in [2.24, 2.45) is 5.92 Å². The Morgan fingerprint density at radius 2 is 2.37 bits per heavy atom. The van der Waals surface area contributed by atoms with Crippen LogP contribution in [0.5, 0.6) is 0 Å². The Hall–Kier alpha value is -1.34. The summed E-state index contributed by atoms with van der Waals surface area (Å²) in [6, 6.07) is 0. The molecule has 0 saturated carbocycles. The fraction of sp³-hybridized carbons (Fsp3) is 0.667. The van der Waals surface area contributed by atoms with Crippen molar-refractivity contribution in [3.05, 3.63) is 5.56 Å². The Labute approximate surface area is 116 Å². The molecule has 0 aromatic carbocycles. The summed E-state index contributed by atoms with van der Waals surface area (Å²) in [4.78, 5) is 13.9. The van der Waals surface area contributed by atoms with E-state index >= 15 is 0 Å². The van der Waals surface area contributed by atoms with Crippen LogP contribution in [0, 0.1) is 5.92 Å². The Morgan fingerprint density at radius 1 is 1.58 bits per heavy atom. The van der Waals surface area contributed by atoms with Crippen LogP contribution in [0.15, 0.2) is 0 Å². The van der Waals surface area contributed by atoms with Crippen molar-refractivity contribution in [3.8, 4) is 0 Å². The number of carbonyl (C=O) groups excluding carboxylic acids is 1. The molecule has 0 bridgehead atoms. The third-order valence-corrected chi connectivity index (χ3v) is 4.22. The van der Waals surface area contributed by atoms with Gasteiger partial charge in [0.1, 0.15) is 10.6 Å². The number of methoxy groups -OCH3 is 2. The lowest BCUT2D eigenvalue weighted by Gasteiger charge is -2.33. The summed E-state index contributed by atoms with van der Waals surface area (Å²) < 4.78 is 14.1. The van der Waals surface area contributed by atoms with Crippen LogP contribution >= 0.6 is 11.5 Å². The summed E-state index contributed by atoms with van der Waals surface area (Å²) in [5, 5.41) is 0.810. The summed E-state index contributed by atoms with van der Waals surface area (Å²) in [6.07, 6.45) is 2.22. The fourth-order valence-corrected chi connectivity index (χ4v) is 3.26. The van der Waals surface area contributed by atoms with E-state index in [9.17, 15) is 4.79 Å². The van der Waals surface area contributed by atoms with Crippen LogP contribution in [0.4, 0.5) is 10.8 Å². The molecule has 6 nitrogen and oxygen atoms in total. The fourth-order valence-electron chi connectivity index (χ4n) is 2.42. The van der Waals surface area contributed by atoms with Crippen molar-refractivity contribution in [3.63, 3.8) is 0 Å². The number of piperidine rings is 1. The van der Waals surface area contributed by atoms with Gasteiger partial charge in [0.15, 0.2) is 5.82 Å². The van der Waals surface area contributed by atoms with Gasteiger partial charge in [-0.25, -0.2) is 4.79 Å². The summed E-state index contributed by atoms with van der Waals surface area (Å²) in [5.41, 5.74) is 6.16. The van der Waals surface area contributed by atoms with Crippen molar-refractivity contribution in [2.45, 2.75) is 12.8 Å². The van der Waals surface area contributed by atoms with E-state index < -0.39 is 5.97 Å². The summed E-state index contributed by atoms with van der Waals surface area (Å²) in [5.74, 6) is 0.309. The van der Waals surface area contributed by atoms with E-state index in [4.69, 9.17) is 15.2 Å². The molecule has 0 spiro atoms. The molecule has 1 saturated heterocycles. The zero-order valence-corrected chi connectivity index (χ0v) is 12.0. The van der Waals surface area contributed by atoms with E-state index in [1.807, 2.05) is 0 Å². The van der Waals surface area contributed by atoms with Crippen LogP contribution in [0.2, 0.25) is 0 Å². The van der Waals surface area contributed by atoms with Gasteiger partial charge in [-0.05, 0) is 30.3 Å². The lowest BCUT2D eigenvalue weighted by molar-refractivity contribution is 0.0602. The molecule has 0 aliphatic carbocycles. The second-order valence-electron chi connectivity index (χ2n) is 4.65. The number of carbonyl (C=O) groups is 1. The average Bonchev–Trinajstić information content (AvgIpc) is 2.80. The molecule has 19 heavy (non-hydrogen) atoms. The number of nitrogens with two attached hydrogens (primary N) is 1. The van der Waals surface area contributed by atoms with E-state index in [1.165, 1.54) is 18.6 Å². The Morgan fingerprint density at radius 3 is 3.05 bits per heavy atom. The maximum Gasteiger partial charge on any atom is 0.344 e. The highest BCUT2D eigenvalue weighted by Gasteiger charge is 2.28. The molecule has 2 heterocycles. The van der Waals surface area contributed by atoms with Gasteiger partial charge in [0.05, 0.1) is 13.7 Å². The number of anilines is 2. The van der Waals surface area contributed by atoms with Crippen LogP contribution in [0.1, 0.15) is 23.2 Å². The molecular weight excluding hydrogens is 266 g/mol. The third kappa shape index (κ3) is 2.98. The number of esters is 1. The zero-order chi connectivity index (χ0) is 13.8. The van der Waals surface area contributed by atoms with Crippen molar-refractivity contribution >= 4 is 28.3 Å². The monoisotopic (exact) mass is 285 g/mol. The van der Waals surface area contributed by atoms with Gasteiger partial charge in [-0.1, -0.05) is 0 Å². The Kier molecular flexibility index (Phi) is 4.60. The minimum atomic E-state index is -0.421. The van der Waals surface area contributed by atoms with E-state index in [1.54, 1.807) is 7.11 Å². The first-order valence-corrected chi connectivity index (χ1v) is 7.02. The molecule has 1 aromatic heterocycles. The number of ether oxygens (including phenoxy) is 2. The first-order valence-electron chi connectivity index (χ1n) is 6.24. The topological polar surface area (TPSA) is 77.7 Å². The standard InChI is InChI=1S/C12H19N3O3S/c1-17-7-8-4-3-5-15(6-8)11-9(12(16)18-2)10(13)14-19-11/h8H,3-7H2,1-2H3,(H2,13,14). The van der Waals surface area contributed by atoms with Crippen LogP contribution in [0.3, 0.4) is 0 Å². The van der Waals surface area contributed by atoms with Gasteiger partial charge in [0, 0.05) is 20.2 Å². The van der Waals surface area contributed by atoms with E-state index in [0.29, 0.717) is 11.5 Å². The molecule has 1 aromatic rings. The lowest BCUT2D eigenvalue weighted by atomic mass is 9.99. The number of rotatable bonds is 4. The van der Waals surface area contributed by atoms with Crippen molar-refractivity contribution in [1.82, 2.24) is 4.37 Å². The molecule has 7 heteroatoms. The smallest absolute Gasteiger partial charge is 0.344 e. The van der Waals surface area contributed by atoms with Gasteiger partial charge in [0.25, 0.3) is 0 Å². The van der Waals surface area contributed by atoms with Gasteiger partial charge in [-0.15, -0.1) is 0 Å². The molecule has 106 valence electrons. The summed E-state index contributed by atoms with van der Waals surface area (Å²) in [7, 11) is 3.07. The summed E-state index contributed by atoms with van der Waals surface area (Å²) >= 11 is 1.26. The van der Waals surface area contributed by atoms with Crippen molar-refractivity contribution in [1.29, 1.82) is 0 Å². The minimum Gasteiger partial charge on any atom is -0.465 e. The molecular formula is C12H19N3O3S. The predicted octanol–water partition coefficient (Wildman–Crippen LogP) is 1.37. The molecule has 1 aliphatic rings. The Bertz CT molecular complexity index is 447. The normalized spacial score (nSPS) is 19.5. The number of aromatic nitrogens is 1. The number of hydrogen-bond donors (Lipinski definition) is 1. The highest BCUT2D eigenvalue weighted by molar-refractivity contribution is 7.11. The largest absolute Gasteiger partial charge is 0.465 e. The van der Waals surface area contributed by atoms with Crippen LogP contribution < -0.4 is 10.6 Å². The minimum absolute atomic E-state index is 0.251. The van der Waals surface area contributed by atoms with Gasteiger partial charge in [-0.3, -0.25) is 0 Å². The highest BCUT2D eigenvalue weighted by atomic mass is 32.1. The molecule has 2 rings (SSSR count). The lowest BCUT2D eigenvalue weighted by Crippen LogP contribution is -2.37. The average molecular weight is 285 g/mol. The molecule has 1 unspecified atom stereocenters. The third-order valence-electron chi connectivity index (χ3n) is 3.30. The maximum atomic E-state index is 11.8. The van der Waals surface area contributed by atoms with Crippen LogP contribution in [-0.2, 0) is 9.47 Å². The van der Waals surface area contributed by atoms with E-state index in [-0.39, 0.29) is 5.82 Å². The number of nitrogen functional groups attached to an aromatic ring is 1. The second kappa shape index (κ2) is 6.21. The molecule has 1 atom stereocenters. The first-order chi connectivity index (χ1) is 9.17. The summed E-state index contributed by atoms with van der Waals surface area (Å²) in [6.45, 7) is 2.50. The Balaban J connectivity index is 2.19.